The van der Waals surface area contributed by atoms with Crippen LogP contribution in [0.5, 0.6) is 0 Å². The molecule has 24 heavy (non-hydrogen) atoms. The van der Waals surface area contributed by atoms with Gasteiger partial charge in [0, 0.05) is 0 Å². The molecule has 0 spiro atoms. The zero-order valence-corrected chi connectivity index (χ0v) is 13.1. The number of rotatable bonds is 5. The standard InChI is InChI=1S/C18H16FN3O2/c1-13-15(11-20-22(13)17-10-6-5-9-16(17)19)18(23)21-24-12-14-7-3-2-4-8-14/h2-11H,12H2,1H3,(H,21,23). The highest BCUT2D eigenvalue weighted by Crippen LogP contribution is 2.17. The van der Waals surface area contributed by atoms with E-state index in [0.717, 1.165) is 5.56 Å². The van der Waals surface area contributed by atoms with Gasteiger partial charge in [-0.15, -0.1) is 0 Å². The third-order valence-electron chi connectivity index (χ3n) is 3.58. The van der Waals surface area contributed by atoms with Crippen LogP contribution in [-0.2, 0) is 11.4 Å². The number of hydrogen-bond acceptors (Lipinski definition) is 3. The Kier molecular flexibility index (Phi) is 4.67. The van der Waals surface area contributed by atoms with E-state index in [-0.39, 0.29) is 6.61 Å². The molecule has 0 fully saturated rings. The van der Waals surface area contributed by atoms with Gasteiger partial charge in [-0.25, -0.2) is 14.6 Å². The Balaban J connectivity index is 1.69. The van der Waals surface area contributed by atoms with Gasteiger partial charge in [-0.05, 0) is 24.6 Å². The summed E-state index contributed by atoms with van der Waals surface area (Å²) in [7, 11) is 0. The number of nitrogens with zero attached hydrogens (tertiary/aromatic N) is 2. The lowest BCUT2D eigenvalue weighted by molar-refractivity contribution is 0.0233. The van der Waals surface area contributed by atoms with E-state index in [1.807, 2.05) is 30.3 Å². The van der Waals surface area contributed by atoms with E-state index in [2.05, 4.69) is 10.6 Å². The van der Waals surface area contributed by atoms with Gasteiger partial charge in [0.1, 0.15) is 11.5 Å². The van der Waals surface area contributed by atoms with Crippen molar-refractivity contribution in [3.63, 3.8) is 0 Å². The largest absolute Gasteiger partial charge is 0.278 e. The lowest BCUT2D eigenvalue weighted by Crippen LogP contribution is -2.24. The third-order valence-corrected chi connectivity index (χ3v) is 3.58. The van der Waals surface area contributed by atoms with E-state index in [0.29, 0.717) is 16.9 Å². The van der Waals surface area contributed by atoms with Crippen molar-refractivity contribution in [2.75, 3.05) is 0 Å². The first kappa shape index (κ1) is 15.9. The van der Waals surface area contributed by atoms with Gasteiger partial charge in [-0.1, -0.05) is 42.5 Å². The van der Waals surface area contributed by atoms with Gasteiger partial charge in [-0.3, -0.25) is 9.63 Å². The Morgan fingerprint density at radius 2 is 1.88 bits per heavy atom. The molecule has 6 heteroatoms. The van der Waals surface area contributed by atoms with E-state index in [4.69, 9.17) is 4.84 Å². The quantitative estimate of drug-likeness (QED) is 0.733. The second kappa shape index (κ2) is 7.06. The average molecular weight is 325 g/mol. The minimum atomic E-state index is -0.425. The molecule has 0 radical (unpaired) electrons. The Morgan fingerprint density at radius 3 is 2.62 bits per heavy atom. The van der Waals surface area contributed by atoms with Crippen LogP contribution in [0.1, 0.15) is 21.6 Å². The molecule has 0 saturated heterocycles. The topological polar surface area (TPSA) is 56.1 Å². The van der Waals surface area contributed by atoms with Gasteiger partial charge in [0.15, 0.2) is 0 Å². The number of benzene rings is 2. The highest BCUT2D eigenvalue weighted by Gasteiger charge is 2.16. The number of hydroxylamine groups is 1. The van der Waals surface area contributed by atoms with Gasteiger partial charge in [0.05, 0.1) is 24.1 Å². The first-order valence-electron chi connectivity index (χ1n) is 7.42. The first-order valence-corrected chi connectivity index (χ1v) is 7.42. The molecule has 1 heterocycles. The van der Waals surface area contributed by atoms with Crippen LogP contribution in [0.25, 0.3) is 5.69 Å². The van der Waals surface area contributed by atoms with Crippen LogP contribution in [-0.4, -0.2) is 15.7 Å². The van der Waals surface area contributed by atoms with Crippen molar-refractivity contribution in [2.45, 2.75) is 13.5 Å². The Hall–Kier alpha value is -2.99. The number of hydrogen-bond donors (Lipinski definition) is 1. The second-order valence-corrected chi connectivity index (χ2v) is 5.21. The molecule has 0 saturated carbocycles. The van der Waals surface area contributed by atoms with Crippen LogP contribution in [0.4, 0.5) is 4.39 Å². The highest BCUT2D eigenvalue weighted by atomic mass is 19.1. The summed E-state index contributed by atoms with van der Waals surface area (Å²) in [6.45, 7) is 1.96. The fourth-order valence-electron chi connectivity index (χ4n) is 2.31. The maximum atomic E-state index is 13.9. The number of aromatic nitrogens is 2. The van der Waals surface area contributed by atoms with Crippen molar-refractivity contribution in [1.29, 1.82) is 0 Å². The normalized spacial score (nSPS) is 10.6. The molecule has 0 atom stereocenters. The SMILES string of the molecule is Cc1c(C(=O)NOCc2ccccc2)cnn1-c1ccccc1F. The minimum absolute atomic E-state index is 0.257. The predicted molar refractivity (Wildman–Crippen MR) is 87.0 cm³/mol. The number of amides is 1. The zero-order chi connectivity index (χ0) is 16.9. The monoisotopic (exact) mass is 325 g/mol. The lowest BCUT2D eigenvalue weighted by Gasteiger charge is -2.07. The van der Waals surface area contributed by atoms with Crippen molar-refractivity contribution in [1.82, 2.24) is 15.3 Å². The molecular formula is C18H16FN3O2. The molecule has 1 aromatic heterocycles. The third kappa shape index (κ3) is 3.33. The molecule has 0 aliphatic carbocycles. The van der Waals surface area contributed by atoms with Crippen LogP contribution in [0.3, 0.4) is 0 Å². The molecule has 0 unspecified atom stereocenters. The van der Waals surface area contributed by atoms with Crippen molar-refractivity contribution < 1.29 is 14.0 Å². The molecule has 3 aromatic rings. The summed E-state index contributed by atoms with van der Waals surface area (Å²) in [5.74, 6) is -0.831. The highest BCUT2D eigenvalue weighted by molar-refractivity contribution is 5.94. The van der Waals surface area contributed by atoms with Crippen LogP contribution < -0.4 is 5.48 Å². The van der Waals surface area contributed by atoms with Crippen LogP contribution in [0.15, 0.2) is 60.8 Å². The molecule has 122 valence electrons. The summed E-state index contributed by atoms with van der Waals surface area (Å²) in [5, 5.41) is 4.09. The first-order chi connectivity index (χ1) is 11.7. The van der Waals surface area contributed by atoms with Crippen LogP contribution in [0.2, 0.25) is 0 Å². The Bertz CT molecular complexity index is 846. The van der Waals surface area contributed by atoms with Gasteiger partial charge in [0.25, 0.3) is 5.91 Å². The zero-order valence-electron chi connectivity index (χ0n) is 13.1. The Morgan fingerprint density at radius 1 is 1.17 bits per heavy atom. The fraction of sp³-hybridized carbons (Fsp3) is 0.111. The number of para-hydroxylation sites is 1. The molecule has 1 N–H and O–H groups in total. The second-order valence-electron chi connectivity index (χ2n) is 5.21. The summed E-state index contributed by atoms with van der Waals surface area (Å²) < 4.78 is 15.3. The summed E-state index contributed by atoms with van der Waals surface area (Å²) in [6.07, 6.45) is 1.39. The van der Waals surface area contributed by atoms with E-state index >= 15 is 0 Å². The summed E-state index contributed by atoms with van der Waals surface area (Å²) in [6, 6.07) is 15.7. The van der Waals surface area contributed by atoms with E-state index in [1.165, 1.54) is 16.9 Å². The number of carbonyl (C=O) groups is 1. The number of carbonyl (C=O) groups excluding carboxylic acids is 1. The predicted octanol–water partition coefficient (Wildman–Crippen LogP) is 3.18. The number of halogens is 1. The van der Waals surface area contributed by atoms with E-state index < -0.39 is 11.7 Å². The van der Waals surface area contributed by atoms with Crippen molar-refractivity contribution in [3.8, 4) is 5.69 Å². The molecule has 5 nitrogen and oxygen atoms in total. The molecule has 0 bridgehead atoms. The van der Waals surface area contributed by atoms with E-state index in [1.54, 1.807) is 25.1 Å². The molecule has 0 aliphatic heterocycles. The van der Waals surface area contributed by atoms with Crippen LogP contribution in [0, 0.1) is 12.7 Å². The molecule has 2 aromatic carbocycles. The summed E-state index contributed by atoms with van der Waals surface area (Å²) in [4.78, 5) is 17.4. The number of nitrogens with one attached hydrogen (secondary N) is 1. The van der Waals surface area contributed by atoms with Crippen molar-refractivity contribution in [3.05, 3.63) is 83.4 Å². The van der Waals surface area contributed by atoms with Gasteiger partial charge < -0.3 is 0 Å². The average Bonchev–Trinajstić information content (AvgIpc) is 2.98. The van der Waals surface area contributed by atoms with E-state index in [9.17, 15) is 9.18 Å². The van der Waals surface area contributed by atoms with Gasteiger partial charge >= 0.3 is 0 Å². The Labute approximate surface area is 138 Å². The molecule has 0 aliphatic rings. The molecular weight excluding hydrogens is 309 g/mol. The van der Waals surface area contributed by atoms with Gasteiger partial charge in [-0.2, -0.15) is 5.10 Å². The lowest BCUT2D eigenvalue weighted by atomic mass is 10.2. The van der Waals surface area contributed by atoms with Crippen LogP contribution >= 0.6 is 0 Å². The van der Waals surface area contributed by atoms with Crippen molar-refractivity contribution >= 4 is 5.91 Å². The minimum Gasteiger partial charge on any atom is -0.269 e. The van der Waals surface area contributed by atoms with Crippen molar-refractivity contribution in [2.24, 2.45) is 0 Å². The molecule has 1 amide bonds. The summed E-state index contributed by atoms with van der Waals surface area (Å²) >= 11 is 0. The fourth-order valence-corrected chi connectivity index (χ4v) is 2.31. The molecule has 3 rings (SSSR count). The smallest absolute Gasteiger partial charge is 0.269 e. The maximum Gasteiger partial charge on any atom is 0.278 e. The maximum absolute atomic E-state index is 13.9. The summed E-state index contributed by atoms with van der Waals surface area (Å²) in [5.41, 5.74) is 4.47. The van der Waals surface area contributed by atoms with Gasteiger partial charge in [0.2, 0.25) is 0 Å².